The third kappa shape index (κ3) is 3.20. The van der Waals surface area contributed by atoms with E-state index in [1.54, 1.807) is 25.3 Å². The zero-order valence-corrected chi connectivity index (χ0v) is 10.4. The van der Waals surface area contributed by atoms with Gasteiger partial charge in [-0.05, 0) is 41.5 Å². The van der Waals surface area contributed by atoms with Gasteiger partial charge in [0.25, 0.3) is 0 Å². The van der Waals surface area contributed by atoms with Crippen molar-refractivity contribution in [1.29, 1.82) is 5.26 Å². The van der Waals surface area contributed by atoms with E-state index in [0.29, 0.717) is 16.9 Å². The molecule has 2 rings (SSSR count). The third-order valence-corrected chi connectivity index (χ3v) is 2.66. The van der Waals surface area contributed by atoms with E-state index in [9.17, 15) is 9.65 Å². The maximum Gasteiger partial charge on any atom is 0.123 e. The van der Waals surface area contributed by atoms with Gasteiger partial charge in [-0.3, -0.25) is 0 Å². The molecule has 0 heterocycles. The van der Waals surface area contributed by atoms with Crippen molar-refractivity contribution in [2.75, 3.05) is 7.11 Å². The zero-order valence-electron chi connectivity index (χ0n) is 10.4. The molecule has 2 aromatic rings. The second kappa shape index (κ2) is 5.83. The Hall–Kier alpha value is -2.60. The lowest BCUT2D eigenvalue weighted by Gasteiger charge is -2.02. The van der Waals surface area contributed by atoms with Crippen molar-refractivity contribution in [3.63, 3.8) is 0 Å². The minimum atomic E-state index is -0.357. The van der Waals surface area contributed by atoms with Gasteiger partial charge in [-0.25, -0.2) is 4.39 Å². The largest absolute Gasteiger partial charge is 0.497 e. The van der Waals surface area contributed by atoms with Crippen molar-refractivity contribution in [3.05, 3.63) is 65.5 Å². The fourth-order valence-electron chi connectivity index (χ4n) is 1.73. The first-order chi connectivity index (χ1) is 9.22. The first kappa shape index (κ1) is 12.8. The summed E-state index contributed by atoms with van der Waals surface area (Å²) in [5.41, 5.74) is 1.80. The molecule has 0 spiro atoms. The molecule has 19 heavy (non-hydrogen) atoms. The van der Waals surface area contributed by atoms with Gasteiger partial charge in [-0.2, -0.15) is 5.26 Å². The number of benzene rings is 2. The molecule has 2 aromatic carbocycles. The molecule has 0 aliphatic carbocycles. The summed E-state index contributed by atoms with van der Waals surface area (Å²) < 4.78 is 18.3. The molecule has 0 radical (unpaired) electrons. The summed E-state index contributed by atoms with van der Waals surface area (Å²) in [5.74, 6) is 0.356. The number of allylic oxidation sites excluding steroid dienone is 1. The quantitative estimate of drug-likeness (QED) is 0.614. The standard InChI is InChI=1S/C16H12FNO/c1-19-16-7-2-4-12(9-16)8-14(11-18)13-5-3-6-15(17)10-13/h2-10H,1H3/b14-8-. The molecule has 0 unspecified atom stereocenters. The Morgan fingerprint density at radius 1 is 1.21 bits per heavy atom. The number of hydrogen-bond donors (Lipinski definition) is 0. The molecule has 0 amide bonds. The summed E-state index contributed by atoms with van der Waals surface area (Å²) in [6.07, 6.45) is 1.71. The van der Waals surface area contributed by atoms with Crippen molar-refractivity contribution in [1.82, 2.24) is 0 Å². The number of ether oxygens (including phenoxy) is 1. The highest BCUT2D eigenvalue weighted by Gasteiger charge is 2.03. The second-order valence-electron chi connectivity index (χ2n) is 3.96. The predicted octanol–water partition coefficient (Wildman–Crippen LogP) is 3.90. The van der Waals surface area contributed by atoms with Gasteiger partial charge in [0.2, 0.25) is 0 Å². The third-order valence-electron chi connectivity index (χ3n) is 2.66. The first-order valence-corrected chi connectivity index (χ1v) is 5.75. The summed E-state index contributed by atoms with van der Waals surface area (Å²) in [7, 11) is 1.58. The maximum atomic E-state index is 13.2. The molecule has 0 saturated carbocycles. The molecule has 0 saturated heterocycles. The fourth-order valence-corrected chi connectivity index (χ4v) is 1.73. The van der Waals surface area contributed by atoms with Gasteiger partial charge < -0.3 is 4.74 Å². The Kier molecular flexibility index (Phi) is 3.94. The average molecular weight is 253 g/mol. The van der Waals surface area contributed by atoms with Gasteiger partial charge in [0, 0.05) is 0 Å². The zero-order chi connectivity index (χ0) is 13.7. The molecule has 0 bridgehead atoms. The number of rotatable bonds is 3. The van der Waals surface area contributed by atoms with Crippen LogP contribution in [0.25, 0.3) is 11.6 Å². The second-order valence-corrected chi connectivity index (χ2v) is 3.96. The van der Waals surface area contributed by atoms with Crippen LogP contribution in [0.2, 0.25) is 0 Å². The lowest BCUT2D eigenvalue weighted by Crippen LogP contribution is -1.85. The first-order valence-electron chi connectivity index (χ1n) is 5.75. The van der Waals surface area contributed by atoms with Gasteiger partial charge in [-0.1, -0.05) is 24.3 Å². The molecular formula is C16H12FNO. The van der Waals surface area contributed by atoms with Crippen molar-refractivity contribution < 1.29 is 9.13 Å². The molecular weight excluding hydrogens is 241 g/mol. The van der Waals surface area contributed by atoms with E-state index in [1.165, 1.54) is 12.1 Å². The Bertz CT molecular complexity index is 656. The van der Waals surface area contributed by atoms with Gasteiger partial charge in [0.05, 0.1) is 18.8 Å². The SMILES string of the molecule is COc1cccc(/C=C(/C#N)c2cccc(F)c2)c1. The van der Waals surface area contributed by atoms with E-state index in [1.807, 2.05) is 24.3 Å². The number of methoxy groups -OCH3 is 1. The smallest absolute Gasteiger partial charge is 0.123 e. The highest BCUT2D eigenvalue weighted by Crippen LogP contribution is 2.20. The monoisotopic (exact) mass is 253 g/mol. The van der Waals surface area contributed by atoms with E-state index in [2.05, 4.69) is 6.07 Å². The van der Waals surface area contributed by atoms with E-state index in [4.69, 9.17) is 4.74 Å². The van der Waals surface area contributed by atoms with Crippen LogP contribution in [0.15, 0.2) is 48.5 Å². The maximum absolute atomic E-state index is 13.2. The topological polar surface area (TPSA) is 33.0 Å². The summed E-state index contributed by atoms with van der Waals surface area (Å²) in [6.45, 7) is 0. The van der Waals surface area contributed by atoms with Gasteiger partial charge in [-0.15, -0.1) is 0 Å². The highest BCUT2D eigenvalue weighted by atomic mass is 19.1. The Labute approximate surface area is 111 Å². The van der Waals surface area contributed by atoms with Gasteiger partial charge in [0.15, 0.2) is 0 Å². The van der Waals surface area contributed by atoms with Crippen LogP contribution in [0.1, 0.15) is 11.1 Å². The Balaban J connectivity index is 2.41. The molecule has 0 fully saturated rings. The predicted molar refractivity (Wildman–Crippen MR) is 72.9 cm³/mol. The molecule has 0 aliphatic heterocycles. The Morgan fingerprint density at radius 3 is 2.68 bits per heavy atom. The number of nitrogens with zero attached hydrogens (tertiary/aromatic N) is 1. The summed E-state index contributed by atoms with van der Waals surface area (Å²) >= 11 is 0. The summed E-state index contributed by atoms with van der Waals surface area (Å²) in [6, 6.07) is 15.4. The molecule has 3 heteroatoms. The average Bonchev–Trinajstić information content (AvgIpc) is 2.45. The Morgan fingerprint density at radius 2 is 2.00 bits per heavy atom. The molecule has 0 aromatic heterocycles. The normalized spacial score (nSPS) is 10.9. The number of halogens is 1. The van der Waals surface area contributed by atoms with Crippen molar-refractivity contribution in [2.45, 2.75) is 0 Å². The molecule has 0 atom stereocenters. The molecule has 0 aliphatic rings. The van der Waals surface area contributed by atoms with Crippen LogP contribution < -0.4 is 4.74 Å². The minimum Gasteiger partial charge on any atom is -0.497 e. The number of nitriles is 1. The van der Waals surface area contributed by atoms with Crippen LogP contribution in [0.4, 0.5) is 4.39 Å². The van der Waals surface area contributed by atoms with Crippen LogP contribution in [0.3, 0.4) is 0 Å². The molecule has 2 nitrogen and oxygen atoms in total. The van der Waals surface area contributed by atoms with E-state index in [0.717, 1.165) is 5.56 Å². The van der Waals surface area contributed by atoms with E-state index >= 15 is 0 Å². The number of hydrogen-bond acceptors (Lipinski definition) is 2. The molecule has 94 valence electrons. The van der Waals surface area contributed by atoms with Crippen LogP contribution in [0, 0.1) is 17.1 Å². The van der Waals surface area contributed by atoms with Crippen molar-refractivity contribution >= 4 is 11.6 Å². The fraction of sp³-hybridized carbons (Fsp3) is 0.0625. The molecule has 0 N–H and O–H groups in total. The van der Waals surface area contributed by atoms with E-state index < -0.39 is 0 Å². The van der Waals surface area contributed by atoms with Crippen LogP contribution in [-0.4, -0.2) is 7.11 Å². The van der Waals surface area contributed by atoms with Gasteiger partial charge in [0.1, 0.15) is 11.6 Å². The van der Waals surface area contributed by atoms with Crippen molar-refractivity contribution in [3.8, 4) is 11.8 Å². The van der Waals surface area contributed by atoms with Crippen LogP contribution in [0.5, 0.6) is 5.75 Å². The summed E-state index contributed by atoms with van der Waals surface area (Å²) in [5, 5.41) is 9.19. The van der Waals surface area contributed by atoms with Crippen LogP contribution >= 0.6 is 0 Å². The lowest BCUT2D eigenvalue weighted by atomic mass is 10.0. The minimum absolute atomic E-state index is 0.357. The summed E-state index contributed by atoms with van der Waals surface area (Å²) in [4.78, 5) is 0. The highest BCUT2D eigenvalue weighted by molar-refractivity contribution is 5.89. The van der Waals surface area contributed by atoms with Crippen molar-refractivity contribution in [2.24, 2.45) is 0 Å². The van der Waals surface area contributed by atoms with Crippen LogP contribution in [-0.2, 0) is 0 Å². The lowest BCUT2D eigenvalue weighted by molar-refractivity contribution is 0.414. The van der Waals surface area contributed by atoms with E-state index in [-0.39, 0.29) is 5.82 Å². The van der Waals surface area contributed by atoms with Gasteiger partial charge >= 0.3 is 0 Å².